The Hall–Kier alpha value is -0.580. The number of nitrogen functional groups attached to an aromatic ring is 1. The molecule has 1 fully saturated rings. The first-order valence-corrected chi connectivity index (χ1v) is 6.38. The molecule has 1 aliphatic rings. The highest BCUT2D eigenvalue weighted by molar-refractivity contribution is 7.10. The van der Waals surface area contributed by atoms with Crippen LogP contribution in [0, 0.1) is 0 Å². The van der Waals surface area contributed by atoms with Crippen molar-refractivity contribution < 1.29 is 0 Å². The summed E-state index contributed by atoms with van der Waals surface area (Å²) >= 11 is 1.73. The molecule has 1 heterocycles. The Morgan fingerprint density at radius 2 is 2.40 bits per heavy atom. The molecule has 2 rings (SSSR count). The van der Waals surface area contributed by atoms with Crippen LogP contribution >= 0.6 is 11.3 Å². The molecule has 1 aliphatic carbocycles. The number of hydrogen-bond donors (Lipinski definition) is 2. The minimum atomic E-state index is 0.860. The molecule has 1 saturated carbocycles. The molecule has 0 radical (unpaired) electrons. The van der Waals surface area contributed by atoms with Gasteiger partial charge in [-0.1, -0.05) is 0 Å². The van der Waals surface area contributed by atoms with Crippen LogP contribution in [-0.4, -0.2) is 31.1 Å². The Labute approximate surface area is 95.3 Å². The van der Waals surface area contributed by atoms with Crippen LogP contribution in [0.15, 0.2) is 11.4 Å². The summed E-state index contributed by atoms with van der Waals surface area (Å²) in [5.74, 6) is 0. The van der Waals surface area contributed by atoms with Gasteiger partial charge in [0, 0.05) is 36.2 Å². The Bertz CT molecular complexity index is 307. The predicted molar refractivity (Wildman–Crippen MR) is 66.1 cm³/mol. The van der Waals surface area contributed by atoms with Gasteiger partial charge in [-0.2, -0.15) is 0 Å². The summed E-state index contributed by atoms with van der Waals surface area (Å²) in [6.45, 7) is 3.09. The molecular weight excluding hydrogens is 206 g/mol. The van der Waals surface area contributed by atoms with Crippen molar-refractivity contribution in [3.63, 3.8) is 0 Å². The molecule has 0 atom stereocenters. The SMILES string of the molecule is CN(CCNCc1sccc1N)C1CC1. The number of anilines is 1. The number of likely N-dealkylation sites (N-methyl/N-ethyl adjacent to an activating group) is 1. The molecule has 1 aromatic heterocycles. The van der Waals surface area contributed by atoms with Crippen LogP contribution < -0.4 is 11.1 Å². The van der Waals surface area contributed by atoms with E-state index < -0.39 is 0 Å². The second kappa shape index (κ2) is 4.96. The summed E-state index contributed by atoms with van der Waals surface area (Å²) in [7, 11) is 2.21. The smallest absolute Gasteiger partial charge is 0.0468 e. The summed E-state index contributed by atoms with van der Waals surface area (Å²) < 4.78 is 0. The number of nitrogens with one attached hydrogen (secondary N) is 1. The number of rotatable bonds is 6. The second-order valence-corrected chi connectivity index (χ2v) is 5.19. The van der Waals surface area contributed by atoms with E-state index in [0.717, 1.165) is 31.4 Å². The topological polar surface area (TPSA) is 41.3 Å². The minimum Gasteiger partial charge on any atom is -0.398 e. The van der Waals surface area contributed by atoms with Crippen LogP contribution in [0.3, 0.4) is 0 Å². The molecule has 3 N–H and O–H groups in total. The first-order valence-electron chi connectivity index (χ1n) is 5.50. The molecule has 0 bridgehead atoms. The van der Waals surface area contributed by atoms with E-state index in [4.69, 9.17) is 5.73 Å². The third-order valence-corrected chi connectivity index (χ3v) is 3.81. The Kier molecular flexibility index (Phi) is 3.61. The fourth-order valence-corrected chi connectivity index (χ4v) is 2.42. The van der Waals surface area contributed by atoms with Crippen molar-refractivity contribution in [1.29, 1.82) is 0 Å². The van der Waals surface area contributed by atoms with Crippen molar-refractivity contribution in [2.45, 2.75) is 25.4 Å². The molecule has 0 aromatic carbocycles. The van der Waals surface area contributed by atoms with Crippen LogP contribution in [0.5, 0.6) is 0 Å². The maximum absolute atomic E-state index is 5.80. The van der Waals surface area contributed by atoms with Gasteiger partial charge in [0.25, 0.3) is 0 Å². The van der Waals surface area contributed by atoms with Gasteiger partial charge in [-0.15, -0.1) is 11.3 Å². The summed E-state index contributed by atoms with van der Waals surface area (Å²) in [4.78, 5) is 3.69. The monoisotopic (exact) mass is 225 g/mol. The third kappa shape index (κ3) is 3.19. The predicted octanol–water partition coefficient (Wildman–Crippen LogP) is 1.51. The third-order valence-electron chi connectivity index (χ3n) is 2.88. The maximum atomic E-state index is 5.80. The van der Waals surface area contributed by atoms with Crippen LogP contribution in [0.2, 0.25) is 0 Å². The normalized spacial score (nSPS) is 16.1. The number of hydrogen-bond acceptors (Lipinski definition) is 4. The van der Waals surface area contributed by atoms with Gasteiger partial charge in [-0.3, -0.25) is 0 Å². The Morgan fingerprint density at radius 1 is 1.60 bits per heavy atom. The van der Waals surface area contributed by atoms with Gasteiger partial charge in [-0.25, -0.2) is 0 Å². The van der Waals surface area contributed by atoms with Gasteiger partial charge < -0.3 is 16.0 Å². The number of nitrogens with two attached hydrogens (primary N) is 1. The largest absolute Gasteiger partial charge is 0.398 e. The van der Waals surface area contributed by atoms with Crippen molar-refractivity contribution in [2.75, 3.05) is 25.9 Å². The van der Waals surface area contributed by atoms with Crippen molar-refractivity contribution in [3.05, 3.63) is 16.3 Å². The first-order chi connectivity index (χ1) is 7.27. The highest BCUT2D eigenvalue weighted by Crippen LogP contribution is 2.24. The minimum absolute atomic E-state index is 0.860. The number of nitrogens with zero attached hydrogens (tertiary/aromatic N) is 1. The lowest BCUT2D eigenvalue weighted by Crippen LogP contribution is -2.30. The van der Waals surface area contributed by atoms with Crippen molar-refractivity contribution in [1.82, 2.24) is 10.2 Å². The van der Waals surface area contributed by atoms with Gasteiger partial charge in [0.05, 0.1) is 0 Å². The van der Waals surface area contributed by atoms with Crippen molar-refractivity contribution >= 4 is 17.0 Å². The first kappa shape index (κ1) is 10.9. The van der Waals surface area contributed by atoms with Gasteiger partial charge in [0.2, 0.25) is 0 Å². The van der Waals surface area contributed by atoms with Gasteiger partial charge in [0.15, 0.2) is 0 Å². The molecule has 0 saturated heterocycles. The summed E-state index contributed by atoms with van der Waals surface area (Å²) in [5, 5.41) is 5.48. The van der Waals surface area contributed by atoms with Crippen LogP contribution in [0.4, 0.5) is 5.69 Å². The average Bonchev–Trinajstić information content (AvgIpc) is 2.99. The van der Waals surface area contributed by atoms with E-state index in [-0.39, 0.29) is 0 Å². The molecule has 0 spiro atoms. The van der Waals surface area contributed by atoms with E-state index in [0.29, 0.717) is 0 Å². The van der Waals surface area contributed by atoms with E-state index in [2.05, 4.69) is 17.3 Å². The molecule has 0 aliphatic heterocycles. The maximum Gasteiger partial charge on any atom is 0.0468 e. The molecule has 0 unspecified atom stereocenters. The zero-order valence-electron chi connectivity index (χ0n) is 9.20. The van der Waals surface area contributed by atoms with Crippen LogP contribution in [0.1, 0.15) is 17.7 Å². The molecule has 1 aromatic rings. The fraction of sp³-hybridized carbons (Fsp3) is 0.636. The van der Waals surface area contributed by atoms with E-state index in [1.54, 1.807) is 11.3 Å². The van der Waals surface area contributed by atoms with Gasteiger partial charge in [0.1, 0.15) is 0 Å². The Balaban J connectivity index is 1.60. The molecule has 3 nitrogen and oxygen atoms in total. The molecular formula is C11H19N3S. The van der Waals surface area contributed by atoms with E-state index >= 15 is 0 Å². The highest BCUT2D eigenvalue weighted by atomic mass is 32.1. The number of thiophene rings is 1. The van der Waals surface area contributed by atoms with Crippen molar-refractivity contribution in [2.24, 2.45) is 0 Å². The summed E-state index contributed by atoms with van der Waals surface area (Å²) in [6.07, 6.45) is 2.77. The zero-order chi connectivity index (χ0) is 10.7. The lowest BCUT2D eigenvalue weighted by Gasteiger charge is -2.15. The molecule has 84 valence electrons. The zero-order valence-corrected chi connectivity index (χ0v) is 10.0. The quantitative estimate of drug-likeness (QED) is 0.721. The standard InChI is InChI=1S/C11H19N3S/c1-14(9-2-3-9)6-5-13-8-11-10(12)4-7-15-11/h4,7,9,13H,2-3,5-6,8,12H2,1H3. The van der Waals surface area contributed by atoms with Crippen LogP contribution in [0.25, 0.3) is 0 Å². The molecule has 0 amide bonds. The lowest BCUT2D eigenvalue weighted by atomic mass is 10.4. The van der Waals surface area contributed by atoms with Crippen LogP contribution in [-0.2, 0) is 6.54 Å². The summed E-state index contributed by atoms with van der Waals surface area (Å²) in [6, 6.07) is 2.83. The lowest BCUT2D eigenvalue weighted by molar-refractivity contribution is 0.322. The van der Waals surface area contributed by atoms with Gasteiger partial charge >= 0.3 is 0 Å². The van der Waals surface area contributed by atoms with E-state index in [1.807, 2.05) is 11.4 Å². The fourth-order valence-electron chi connectivity index (χ4n) is 1.65. The van der Waals surface area contributed by atoms with Gasteiger partial charge in [-0.05, 0) is 31.3 Å². The summed E-state index contributed by atoms with van der Waals surface area (Å²) in [5.41, 5.74) is 6.72. The van der Waals surface area contributed by atoms with E-state index in [9.17, 15) is 0 Å². The highest BCUT2D eigenvalue weighted by Gasteiger charge is 2.25. The second-order valence-electron chi connectivity index (χ2n) is 4.19. The molecule has 15 heavy (non-hydrogen) atoms. The van der Waals surface area contributed by atoms with E-state index in [1.165, 1.54) is 17.7 Å². The average molecular weight is 225 g/mol. The molecule has 4 heteroatoms. The Morgan fingerprint density at radius 3 is 3.00 bits per heavy atom. The van der Waals surface area contributed by atoms with Crippen molar-refractivity contribution in [3.8, 4) is 0 Å².